The Balaban J connectivity index is 1.45. The lowest BCUT2D eigenvalue weighted by Gasteiger charge is -2.35. The molecular formula is C24H35N3O4S. The predicted molar refractivity (Wildman–Crippen MR) is 124 cm³/mol. The Kier molecular flexibility index (Phi) is 6.91. The van der Waals surface area contributed by atoms with Crippen LogP contribution in [0.5, 0.6) is 0 Å². The number of piperidine rings is 1. The lowest BCUT2D eigenvalue weighted by molar-refractivity contribution is -0.127. The minimum Gasteiger partial charge on any atom is -0.353 e. The molecule has 1 atom stereocenters. The van der Waals surface area contributed by atoms with Gasteiger partial charge in [-0.1, -0.05) is 13.3 Å². The number of hydrogen-bond acceptors (Lipinski definition) is 4. The highest BCUT2D eigenvalue weighted by Crippen LogP contribution is 2.35. The van der Waals surface area contributed by atoms with E-state index in [4.69, 9.17) is 0 Å². The van der Waals surface area contributed by atoms with Gasteiger partial charge in [0.1, 0.15) is 0 Å². The smallest absolute Gasteiger partial charge is 0.243 e. The molecule has 2 aliphatic heterocycles. The van der Waals surface area contributed by atoms with Crippen LogP contribution in [0.15, 0.2) is 23.1 Å². The van der Waals surface area contributed by atoms with Gasteiger partial charge >= 0.3 is 0 Å². The largest absolute Gasteiger partial charge is 0.353 e. The lowest BCUT2D eigenvalue weighted by atomic mass is 9.83. The number of carbonyl (C=O) groups is 2. The first-order chi connectivity index (χ1) is 15.3. The van der Waals surface area contributed by atoms with Crippen molar-refractivity contribution in [3.05, 3.63) is 23.8 Å². The molecule has 0 aromatic heterocycles. The lowest BCUT2D eigenvalue weighted by Crippen LogP contribution is -2.44. The van der Waals surface area contributed by atoms with E-state index in [-0.39, 0.29) is 34.6 Å². The van der Waals surface area contributed by atoms with Crippen molar-refractivity contribution in [3.63, 3.8) is 0 Å². The summed E-state index contributed by atoms with van der Waals surface area (Å²) >= 11 is 0. The third-order valence-corrected chi connectivity index (χ3v) is 9.25. The molecule has 3 aliphatic rings. The molecule has 2 fully saturated rings. The maximum Gasteiger partial charge on any atom is 0.243 e. The quantitative estimate of drug-likeness (QED) is 0.705. The normalized spacial score (nSPS) is 21.5. The van der Waals surface area contributed by atoms with Gasteiger partial charge in [0.2, 0.25) is 21.8 Å². The Morgan fingerprint density at radius 2 is 1.78 bits per heavy atom. The molecule has 1 aromatic rings. The van der Waals surface area contributed by atoms with Crippen LogP contribution in [0.2, 0.25) is 0 Å². The van der Waals surface area contributed by atoms with Crippen molar-refractivity contribution in [2.75, 3.05) is 24.5 Å². The second kappa shape index (κ2) is 9.51. The molecule has 1 unspecified atom stereocenters. The number of amides is 2. The van der Waals surface area contributed by atoms with Crippen molar-refractivity contribution in [2.24, 2.45) is 11.8 Å². The molecule has 176 valence electrons. The highest BCUT2D eigenvalue weighted by atomic mass is 32.2. The molecule has 1 N–H and O–H groups in total. The average molecular weight is 462 g/mol. The number of anilines is 1. The summed E-state index contributed by atoms with van der Waals surface area (Å²) in [5, 5.41) is 3.01. The van der Waals surface area contributed by atoms with Gasteiger partial charge < -0.3 is 10.2 Å². The van der Waals surface area contributed by atoms with E-state index in [1.165, 1.54) is 4.31 Å². The highest BCUT2D eigenvalue weighted by Gasteiger charge is 2.35. The van der Waals surface area contributed by atoms with Crippen LogP contribution < -0.4 is 10.2 Å². The molecule has 4 rings (SSSR count). The molecule has 2 amide bonds. The van der Waals surface area contributed by atoms with Crippen molar-refractivity contribution >= 4 is 27.5 Å². The minimum absolute atomic E-state index is 0.0291. The zero-order valence-electron chi connectivity index (χ0n) is 19.2. The van der Waals surface area contributed by atoms with Crippen molar-refractivity contribution in [3.8, 4) is 0 Å². The number of benzene rings is 1. The fraction of sp³-hybridized carbons (Fsp3) is 0.667. The van der Waals surface area contributed by atoms with Gasteiger partial charge in [-0.15, -0.1) is 0 Å². The van der Waals surface area contributed by atoms with Crippen LogP contribution in [-0.2, 0) is 26.0 Å². The number of hydrogen-bond donors (Lipinski definition) is 1. The fourth-order valence-electron chi connectivity index (χ4n) is 4.81. The number of nitrogens with one attached hydrogen (secondary N) is 1. The molecule has 32 heavy (non-hydrogen) atoms. The van der Waals surface area contributed by atoms with Gasteiger partial charge in [-0.25, -0.2) is 8.42 Å². The summed E-state index contributed by atoms with van der Waals surface area (Å²) < 4.78 is 28.1. The average Bonchev–Trinajstić information content (AvgIpc) is 2.77. The predicted octanol–water partition coefficient (Wildman–Crippen LogP) is 3.08. The van der Waals surface area contributed by atoms with E-state index in [0.717, 1.165) is 49.8 Å². The van der Waals surface area contributed by atoms with E-state index < -0.39 is 10.0 Å². The number of carbonyl (C=O) groups excluding carboxylic acids is 2. The zero-order chi connectivity index (χ0) is 22.9. The second-order valence-corrected chi connectivity index (χ2v) is 11.4. The van der Waals surface area contributed by atoms with Gasteiger partial charge in [-0.2, -0.15) is 4.31 Å². The van der Waals surface area contributed by atoms with Gasteiger partial charge in [-0.3, -0.25) is 9.59 Å². The van der Waals surface area contributed by atoms with Crippen molar-refractivity contribution in [1.82, 2.24) is 9.62 Å². The summed E-state index contributed by atoms with van der Waals surface area (Å²) in [7, 11) is -3.62. The highest BCUT2D eigenvalue weighted by molar-refractivity contribution is 7.89. The van der Waals surface area contributed by atoms with Crippen molar-refractivity contribution < 1.29 is 18.0 Å². The van der Waals surface area contributed by atoms with Gasteiger partial charge in [-0.05, 0) is 75.6 Å². The van der Waals surface area contributed by atoms with E-state index >= 15 is 0 Å². The number of rotatable bonds is 6. The summed E-state index contributed by atoms with van der Waals surface area (Å²) in [5.74, 6) is 0.208. The topological polar surface area (TPSA) is 86.8 Å². The Bertz CT molecular complexity index is 965. The molecule has 1 saturated heterocycles. The van der Waals surface area contributed by atoms with Gasteiger partial charge in [0, 0.05) is 43.2 Å². The molecule has 2 heterocycles. The minimum atomic E-state index is -3.62. The zero-order valence-corrected chi connectivity index (χ0v) is 20.0. The number of fused-ring (bicyclic) bond motifs is 1. The number of nitrogens with zero attached hydrogens (tertiary/aromatic N) is 2. The maximum atomic E-state index is 13.3. The van der Waals surface area contributed by atoms with Crippen molar-refractivity contribution in [1.29, 1.82) is 0 Å². The van der Waals surface area contributed by atoms with E-state index in [9.17, 15) is 18.0 Å². The molecule has 1 saturated carbocycles. The Hall–Kier alpha value is -1.93. The first kappa shape index (κ1) is 23.2. The van der Waals surface area contributed by atoms with Crippen LogP contribution in [-0.4, -0.2) is 50.2 Å². The summed E-state index contributed by atoms with van der Waals surface area (Å²) in [6.45, 7) is 5.42. The molecule has 8 heteroatoms. The Morgan fingerprint density at radius 1 is 1.06 bits per heavy atom. The van der Waals surface area contributed by atoms with Crippen LogP contribution in [0.25, 0.3) is 0 Å². The molecule has 1 aliphatic carbocycles. The Morgan fingerprint density at radius 3 is 2.41 bits per heavy atom. The summed E-state index contributed by atoms with van der Waals surface area (Å²) in [4.78, 5) is 27.4. The van der Waals surface area contributed by atoms with Crippen LogP contribution in [0.1, 0.15) is 64.4 Å². The van der Waals surface area contributed by atoms with Crippen LogP contribution in [0, 0.1) is 11.8 Å². The summed E-state index contributed by atoms with van der Waals surface area (Å²) in [5.41, 5.74) is 1.81. The van der Waals surface area contributed by atoms with Gasteiger partial charge in [0.05, 0.1) is 4.90 Å². The SMILES string of the molecule is CCC(C)NC(=O)C1CCN(S(=O)(=O)c2ccc3c(c2)CCCN3C(=O)C2CCC2)CC1. The first-order valence-electron chi connectivity index (χ1n) is 12.1. The standard InChI is InChI=1S/C24H35N3O4S/c1-3-17(2)25-23(28)18-11-14-26(15-12-18)32(30,31)21-9-10-22-20(16-21)8-5-13-27(22)24(29)19-6-4-7-19/h9-10,16-19H,3-8,11-15H2,1-2H3,(H,25,28). The molecule has 0 spiro atoms. The third-order valence-electron chi connectivity index (χ3n) is 7.35. The van der Waals surface area contributed by atoms with Crippen LogP contribution in [0.4, 0.5) is 5.69 Å². The number of aryl methyl sites for hydroxylation is 1. The second-order valence-electron chi connectivity index (χ2n) is 9.51. The van der Waals surface area contributed by atoms with Crippen LogP contribution >= 0.6 is 0 Å². The van der Waals surface area contributed by atoms with E-state index in [2.05, 4.69) is 5.32 Å². The van der Waals surface area contributed by atoms with Gasteiger partial charge in [0.15, 0.2) is 0 Å². The van der Waals surface area contributed by atoms with E-state index in [1.807, 2.05) is 24.8 Å². The summed E-state index contributed by atoms with van der Waals surface area (Å²) in [6, 6.07) is 5.34. The van der Waals surface area contributed by atoms with Crippen LogP contribution in [0.3, 0.4) is 0 Å². The molecule has 1 aromatic carbocycles. The van der Waals surface area contributed by atoms with Gasteiger partial charge in [0.25, 0.3) is 0 Å². The van der Waals surface area contributed by atoms with E-state index in [1.54, 1.807) is 12.1 Å². The molecular weight excluding hydrogens is 426 g/mol. The summed E-state index contributed by atoms with van der Waals surface area (Å²) in [6.07, 6.45) is 6.62. The molecule has 7 nitrogen and oxygen atoms in total. The maximum absolute atomic E-state index is 13.3. The first-order valence-corrected chi connectivity index (χ1v) is 13.5. The molecule has 0 radical (unpaired) electrons. The Labute approximate surface area is 191 Å². The van der Waals surface area contributed by atoms with Crippen molar-refractivity contribution in [2.45, 2.75) is 76.2 Å². The molecule has 0 bridgehead atoms. The number of sulfonamides is 1. The fourth-order valence-corrected chi connectivity index (χ4v) is 6.33. The third kappa shape index (κ3) is 4.57. The van der Waals surface area contributed by atoms with E-state index in [0.29, 0.717) is 32.5 Å². The monoisotopic (exact) mass is 461 g/mol.